The van der Waals surface area contributed by atoms with E-state index in [4.69, 9.17) is 0 Å². The number of rotatable bonds is 3. The molecular weight excluding hydrogens is 342 g/mol. The number of hydrogen-bond donors (Lipinski definition) is 2. The maximum Gasteiger partial charge on any atom is 0.433 e. The minimum absolute atomic E-state index is 0. The number of nitrogens with one attached hydrogen (secondary N) is 2. The topological polar surface area (TPSA) is 54.0 Å². The summed E-state index contributed by atoms with van der Waals surface area (Å²) in [5, 5.41) is 5.96. The van der Waals surface area contributed by atoms with Gasteiger partial charge < -0.3 is 10.6 Å². The molecule has 1 aliphatic rings. The maximum atomic E-state index is 12.3. The highest BCUT2D eigenvalue weighted by Gasteiger charge is 2.32. The first-order chi connectivity index (χ1) is 9.47. The monoisotopic (exact) mass is 359 g/mol. The molecule has 2 heterocycles. The van der Waals surface area contributed by atoms with E-state index in [9.17, 15) is 18.0 Å². The van der Waals surface area contributed by atoms with Crippen molar-refractivity contribution in [3.8, 4) is 0 Å². The Morgan fingerprint density at radius 2 is 2.09 bits per heavy atom. The van der Waals surface area contributed by atoms with E-state index in [1.165, 1.54) is 0 Å². The normalized spacial score (nSPS) is 17.9. The quantitative estimate of drug-likeness (QED) is 0.872. The molecule has 1 fully saturated rings. The third-order valence-corrected chi connectivity index (χ3v) is 3.27. The number of halogens is 5. The summed E-state index contributed by atoms with van der Waals surface area (Å²) in [6.45, 7) is 2.37. The van der Waals surface area contributed by atoms with Crippen molar-refractivity contribution in [3.63, 3.8) is 0 Å². The Balaban J connectivity index is 0.00000220. The molecule has 1 atom stereocenters. The lowest BCUT2D eigenvalue weighted by molar-refractivity contribution is -0.141. The van der Waals surface area contributed by atoms with Crippen molar-refractivity contribution < 1.29 is 18.0 Å². The number of nitrogens with zero attached hydrogens (tertiary/aromatic N) is 1. The average molecular weight is 360 g/mol. The number of aromatic nitrogens is 1. The lowest BCUT2D eigenvalue weighted by atomic mass is 10.00. The fourth-order valence-electron chi connectivity index (χ4n) is 2.13. The second-order valence-corrected chi connectivity index (χ2v) is 4.85. The molecule has 1 aromatic heterocycles. The molecule has 0 aliphatic carbocycles. The van der Waals surface area contributed by atoms with Gasteiger partial charge in [0.25, 0.3) is 5.91 Å². The van der Waals surface area contributed by atoms with Crippen molar-refractivity contribution in [2.24, 2.45) is 5.92 Å². The summed E-state index contributed by atoms with van der Waals surface area (Å²) in [5.74, 6) is -0.0214. The molecule has 0 radical (unpaired) electrons. The molecule has 0 spiro atoms. The first-order valence-corrected chi connectivity index (χ1v) is 6.49. The number of carbonyl (C=O) groups excluding carboxylic acids is 1. The van der Waals surface area contributed by atoms with Gasteiger partial charge in [-0.05, 0) is 44.0 Å². The SMILES string of the molecule is Cl.Cl.O=C(NCC1CCCNC1)c1ccc(C(F)(F)F)nc1. The van der Waals surface area contributed by atoms with Gasteiger partial charge in [0.1, 0.15) is 5.69 Å². The van der Waals surface area contributed by atoms with Crippen molar-refractivity contribution in [3.05, 3.63) is 29.6 Å². The first kappa shape index (κ1) is 20.9. The van der Waals surface area contributed by atoms with Crippen molar-refractivity contribution in [1.29, 1.82) is 0 Å². The zero-order valence-electron chi connectivity index (χ0n) is 11.7. The molecule has 22 heavy (non-hydrogen) atoms. The summed E-state index contributed by atoms with van der Waals surface area (Å²) >= 11 is 0. The highest BCUT2D eigenvalue weighted by molar-refractivity contribution is 5.93. The van der Waals surface area contributed by atoms with Crippen molar-refractivity contribution in [2.75, 3.05) is 19.6 Å². The van der Waals surface area contributed by atoms with Crippen LogP contribution < -0.4 is 10.6 Å². The summed E-state index contributed by atoms with van der Waals surface area (Å²) in [6.07, 6.45) is -1.42. The second-order valence-electron chi connectivity index (χ2n) is 4.85. The third kappa shape index (κ3) is 5.98. The van der Waals surface area contributed by atoms with Gasteiger partial charge in [-0.3, -0.25) is 9.78 Å². The van der Waals surface area contributed by atoms with Gasteiger partial charge in [0.15, 0.2) is 0 Å². The summed E-state index contributed by atoms with van der Waals surface area (Å²) in [4.78, 5) is 15.1. The standard InChI is InChI=1S/C13H16F3N3O.2ClH/c14-13(15,16)11-4-3-10(8-18-11)12(20)19-7-9-2-1-5-17-6-9;;/h3-4,8-9,17H,1-2,5-7H2,(H,19,20);2*1H. The number of piperidine rings is 1. The summed E-state index contributed by atoms with van der Waals surface area (Å²) in [6, 6.07) is 1.96. The number of hydrogen-bond acceptors (Lipinski definition) is 3. The highest BCUT2D eigenvalue weighted by atomic mass is 35.5. The molecular formula is C13H18Cl2F3N3O. The molecule has 126 valence electrons. The molecule has 1 saturated heterocycles. The first-order valence-electron chi connectivity index (χ1n) is 6.49. The Bertz CT molecular complexity index is 463. The summed E-state index contributed by atoms with van der Waals surface area (Å²) in [7, 11) is 0. The second kappa shape index (κ2) is 9.17. The lowest BCUT2D eigenvalue weighted by Crippen LogP contribution is -2.38. The molecule has 4 nitrogen and oxygen atoms in total. The third-order valence-electron chi connectivity index (χ3n) is 3.27. The van der Waals surface area contributed by atoms with E-state index in [2.05, 4.69) is 15.6 Å². The van der Waals surface area contributed by atoms with Crippen molar-refractivity contribution in [1.82, 2.24) is 15.6 Å². The predicted molar refractivity (Wildman–Crippen MR) is 81.7 cm³/mol. The number of amides is 1. The van der Waals surface area contributed by atoms with Crippen LogP contribution >= 0.6 is 24.8 Å². The van der Waals surface area contributed by atoms with Crippen LogP contribution in [0.5, 0.6) is 0 Å². The number of pyridine rings is 1. The van der Waals surface area contributed by atoms with E-state index in [1.54, 1.807) is 0 Å². The van der Waals surface area contributed by atoms with Gasteiger partial charge in [-0.1, -0.05) is 0 Å². The molecule has 1 amide bonds. The predicted octanol–water partition coefficient (Wildman–Crippen LogP) is 2.67. The van der Waals surface area contributed by atoms with E-state index < -0.39 is 17.8 Å². The van der Waals surface area contributed by atoms with Crippen LogP contribution in [0.3, 0.4) is 0 Å². The number of carbonyl (C=O) groups is 1. The maximum absolute atomic E-state index is 12.3. The molecule has 2 N–H and O–H groups in total. The number of alkyl halides is 3. The molecule has 9 heteroatoms. The van der Waals surface area contributed by atoms with E-state index in [0.29, 0.717) is 12.5 Å². The molecule has 0 aromatic carbocycles. The smallest absolute Gasteiger partial charge is 0.352 e. The Hall–Kier alpha value is -1.05. The minimum Gasteiger partial charge on any atom is -0.352 e. The van der Waals surface area contributed by atoms with Crippen LogP contribution in [0.2, 0.25) is 0 Å². The molecule has 1 aliphatic heterocycles. The van der Waals surface area contributed by atoms with E-state index in [1.807, 2.05) is 0 Å². The Kier molecular flexibility index (Phi) is 8.73. The Morgan fingerprint density at radius 1 is 1.36 bits per heavy atom. The Labute approximate surface area is 139 Å². The van der Waals surface area contributed by atoms with E-state index in [0.717, 1.165) is 44.3 Å². The molecule has 0 saturated carbocycles. The lowest BCUT2D eigenvalue weighted by Gasteiger charge is -2.22. The van der Waals surface area contributed by atoms with Crippen LogP contribution in [0.25, 0.3) is 0 Å². The van der Waals surface area contributed by atoms with Gasteiger partial charge in [0.05, 0.1) is 5.56 Å². The Morgan fingerprint density at radius 3 is 2.59 bits per heavy atom. The van der Waals surface area contributed by atoms with Crippen LogP contribution in [0.4, 0.5) is 13.2 Å². The van der Waals surface area contributed by atoms with Gasteiger partial charge in [-0.15, -0.1) is 24.8 Å². The fourth-order valence-corrected chi connectivity index (χ4v) is 2.13. The fraction of sp³-hybridized carbons (Fsp3) is 0.538. The highest BCUT2D eigenvalue weighted by Crippen LogP contribution is 2.27. The van der Waals surface area contributed by atoms with Crippen molar-refractivity contribution >= 4 is 30.7 Å². The van der Waals surface area contributed by atoms with Crippen LogP contribution in [-0.2, 0) is 6.18 Å². The summed E-state index contributed by atoms with van der Waals surface area (Å²) < 4.78 is 37.0. The van der Waals surface area contributed by atoms with E-state index in [-0.39, 0.29) is 30.4 Å². The van der Waals surface area contributed by atoms with Crippen LogP contribution in [0.1, 0.15) is 28.9 Å². The van der Waals surface area contributed by atoms with Gasteiger partial charge in [-0.2, -0.15) is 13.2 Å². The van der Waals surface area contributed by atoms with Crippen LogP contribution in [0.15, 0.2) is 18.3 Å². The zero-order chi connectivity index (χ0) is 14.6. The van der Waals surface area contributed by atoms with Crippen LogP contribution in [0, 0.1) is 5.92 Å². The van der Waals surface area contributed by atoms with Gasteiger partial charge in [0, 0.05) is 12.7 Å². The van der Waals surface area contributed by atoms with E-state index >= 15 is 0 Å². The van der Waals surface area contributed by atoms with Gasteiger partial charge >= 0.3 is 6.18 Å². The molecule has 2 rings (SSSR count). The largest absolute Gasteiger partial charge is 0.433 e. The molecule has 1 unspecified atom stereocenters. The average Bonchev–Trinajstić information content (AvgIpc) is 2.45. The zero-order valence-corrected chi connectivity index (χ0v) is 13.3. The van der Waals surface area contributed by atoms with Gasteiger partial charge in [0.2, 0.25) is 0 Å². The van der Waals surface area contributed by atoms with Crippen LogP contribution in [-0.4, -0.2) is 30.5 Å². The molecule has 0 bridgehead atoms. The minimum atomic E-state index is -4.48. The van der Waals surface area contributed by atoms with Crippen molar-refractivity contribution in [2.45, 2.75) is 19.0 Å². The molecule has 1 aromatic rings. The summed E-state index contributed by atoms with van der Waals surface area (Å²) in [5.41, 5.74) is -0.854. The van der Waals surface area contributed by atoms with Gasteiger partial charge in [-0.25, -0.2) is 0 Å².